The first-order valence-corrected chi connectivity index (χ1v) is 8.91. The molecule has 2 rings (SSSR count). The zero-order valence-corrected chi connectivity index (χ0v) is 12.3. The molecule has 4 nitrogen and oxygen atoms in total. The first-order valence-electron chi connectivity index (χ1n) is 6.38. The minimum absolute atomic E-state index is 0.122. The molecule has 2 heterocycles. The standard InChI is InChI=1S/C12H20N2O2S2/c1-9(13)6-10-8-14-12(17-10)7-11-4-2-3-5-18(11,15)16/h8-9,11H,2-7,13H2,1H3. The number of hydrogen-bond donors (Lipinski definition) is 1. The van der Waals surface area contributed by atoms with Gasteiger partial charge in [-0.05, 0) is 26.2 Å². The Hall–Kier alpha value is -0.460. The minimum atomic E-state index is -2.89. The SMILES string of the molecule is CC(N)Cc1cnc(CC2CCCCS2(=O)=O)s1. The van der Waals surface area contributed by atoms with Gasteiger partial charge in [-0.1, -0.05) is 6.42 Å². The Morgan fingerprint density at radius 2 is 2.33 bits per heavy atom. The number of hydrogen-bond acceptors (Lipinski definition) is 5. The number of nitrogens with zero attached hydrogens (tertiary/aromatic N) is 1. The summed E-state index contributed by atoms with van der Waals surface area (Å²) >= 11 is 1.60. The number of rotatable bonds is 4. The third kappa shape index (κ3) is 3.52. The maximum Gasteiger partial charge on any atom is 0.153 e. The Morgan fingerprint density at radius 1 is 1.56 bits per heavy atom. The topological polar surface area (TPSA) is 73.0 Å². The van der Waals surface area contributed by atoms with Crippen molar-refractivity contribution >= 4 is 21.2 Å². The molecule has 1 aliphatic rings. The van der Waals surface area contributed by atoms with Crippen LogP contribution in [0.5, 0.6) is 0 Å². The third-order valence-electron chi connectivity index (χ3n) is 3.24. The molecule has 1 saturated heterocycles. The Bertz CT molecular complexity index is 494. The van der Waals surface area contributed by atoms with Crippen molar-refractivity contribution in [2.24, 2.45) is 5.73 Å². The van der Waals surface area contributed by atoms with Crippen LogP contribution in [-0.4, -0.2) is 30.4 Å². The van der Waals surface area contributed by atoms with Crippen LogP contribution < -0.4 is 5.73 Å². The van der Waals surface area contributed by atoms with E-state index in [2.05, 4.69) is 4.98 Å². The molecule has 1 aromatic rings. The monoisotopic (exact) mass is 288 g/mol. The molecule has 2 N–H and O–H groups in total. The Labute approximate surface area is 113 Å². The number of thiazole rings is 1. The Balaban J connectivity index is 2.02. The predicted octanol–water partition coefficient (Wildman–Crippen LogP) is 1.54. The van der Waals surface area contributed by atoms with E-state index in [0.717, 1.165) is 35.6 Å². The summed E-state index contributed by atoms with van der Waals surface area (Å²) in [4.78, 5) is 5.47. The van der Waals surface area contributed by atoms with Crippen molar-refractivity contribution in [1.29, 1.82) is 0 Å². The molecule has 0 radical (unpaired) electrons. The quantitative estimate of drug-likeness (QED) is 0.912. The second-order valence-electron chi connectivity index (χ2n) is 5.09. The largest absolute Gasteiger partial charge is 0.328 e. The summed E-state index contributed by atoms with van der Waals surface area (Å²) < 4.78 is 23.9. The fraction of sp³-hybridized carbons (Fsp3) is 0.750. The van der Waals surface area contributed by atoms with Crippen molar-refractivity contribution in [3.63, 3.8) is 0 Å². The van der Waals surface area contributed by atoms with E-state index in [0.29, 0.717) is 12.2 Å². The van der Waals surface area contributed by atoms with Gasteiger partial charge in [0.1, 0.15) is 0 Å². The number of sulfone groups is 1. The van der Waals surface area contributed by atoms with E-state index in [1.54, 1.807) is 11.3 Å². The molecule has 1 aliphatic heterocycles. The van der Waals surface area contributed by atoms with E-state index in [-0.39, 0.29) is 11.3 Å². The van der Waals surface area contributed by atoms with Crippen LogP contribution in [0.4, 0.5) is 0 Å². The van der Waals surface area contributed by atoms with Crippen molar-refractivity contribution in [1.82, 2.24) is 4.98 Å². The van der Waals surface area contributed by atoms with Gasteiger partial charge < -0.3 is 5.73 Å². The molecule has 102 valence electrons. The van der Waals surface area contributed by atoms with Gasteiger partial charge in [0.25, 0.3) is 0 Å². The highest BCUT2D eigenvalue weighted by molar-refractivity contribution is 7.92. The molecule has 0 saturated carbocycles. The van der Waals surface area contributed by atoms with Crippen LogP contribution >= 0.6 is 11.3 Å². The second-order valence-corrected chi connectivity index (χ2v) is 8.69. The third-order valence-corrected chi connectivity index (χ3v) is 6.56. The lowest BCUT2D eigenvalue weighted by molar-refractivity contribution is 0.537. The van der Waals surface area contributed by atoms with Crippen LogP contribution in [0.15, 0.2) is 6.20 Å². The lowest BCUT2D eigenvalue weighted by Crippen LogP contribution is -2.30. The van der Waals surface area contributed by atoms with E-state index in [9.17, 15) is 8.42 Å². The zero-order chi connectivity index (χ0) is 13.2. The highest BCUT2D eigenvalue weighted by Crippen LogP contribution is 2.25. The Morgan fingerprint density at radius 3 is 3.00 bits per heavy atom. The van der Waals surface area contributed by atoms with Crippen LogP contribution in [0.2, 0.25) is 0 Å². The van der Waals surface area contributed by atoms with Gasteiger partial charge >= 0.3 is 0 Å². The zero-order valence-electron chi connectivity index (χ0n) is 10.6. The van der Waals surface area contributed by atoms with E-state index in [4.69, 9.17) is 5.73 Å². The first kappa shape index (κ1) is 14.0. The molecular formula is C12H20N2O2S2. The van der Waals surface area contributed by atoms with E-state index < -0.39 is 9.84 Å². The van der Waals surface area contributed by atoms with Crippen molar-refractivity contribution in [3.05, 3.63) is 16.1 Å². The molecule has 18 heavy (non-hydrogen) atoms. The molecule has 0 spiro atoms. The maximum absolute atomic E-state index is 11.9. The number of nitrogens with two attached hydrogens (primary N) is 1. The van der Waals surface area contributed by atoms with Gasteiger partial charge in [-0.3, -0.25) is 0 Å². The van der Waals surface area contributed by atoms with Gasteiger partial charge in [0.05, 0.1) is 16.0 Å². The minimum Gasteiger partial charge on any atom is -0.328 e. The normalized spacial score (nSPS) is 24.9. The summed E-state index contributed by atoms with van der Waals surface area (Å²) in [5.74, 6) is 0.343. The summed E-state index contributed by atoms with van der Waals surface area (Å²) in [7, 11) is -2.89. The average molecular weight is 288 g/mol. The van der Waals surface area contributed by atoms with Crippen molar-refractivity contribution in [2.75, 3.05) is 5.75 Å². The van der Waals surface area contributed by atoms with Crippen LogP contribution in [-0.2, 0) is 22.7 Å². The molecule has 0 amide bonds. The van der Waals surface area contributed by atoms with E-state index >= 15 is 0 Å². The van der Waals surface area contributed by atoms with Gasteiger partial charge in [0.15, 0.2) is 9.84 Å². The van der Waals surface area contributed by atoms with Crippen LogP contribution in [0.25, 0.3) is 0 Å². The molecule has 2 atom stereocenters. The van der Waals surface area contributed by atoms with Crippen LogP contribution in [0.1, 0.15) is 36.1 Å². The van der Waals surface area contributed by atoms with Gasteiger partial charge in [-0.25, -0.2) is 13.4 Å². The van der Waals surface area contributed by atoms with Gasteiger partial charge in [-0.15, -0.1) is 11.3 Å². The lowest BCUT2D eigenvalue weighted by atomic mass is 10.1. The smallest absolute Gasteiger partial charge is 0.153 e. The van der Waals surface area contributed by atoms with Crippen molar-refractivity contribution < 1.29 is 8.42 Å². The predicted molar refractivity (Wildman–Crippen MR) is 74.6 cm³/mol. The summed E-state index contributed by atoms with van der Waals surface area (Å²) in [5, 5.41) is 0.710. The molecule has 0 bridgehead atoms. The number of aromatic nitrogens is 1. The average Bonchev–Trinajstić information content (AvgIpc) is 2.68. The molecule has 0 aromatic carbocycles. The van der Waals surface area contributed by atoms with Gasteiger partial charge in [0.2, 0.25) is 0 Å². The van der Waals surface area contributed by atoms with Gasteiger partial charge in [-0.2, -0.15) is 0 Å². The summed E-state index contributed by atoms with van der Waals surface area (Å²) in [6, 6.07) is 0.122. The first-order chi connectivity index (χ1) is 8.47. The molecule has 0 aliphatic carbocycles. The maximum atomic E-state index is 11.9. The van der Waals surface area contributed by atoms with Crippen LogP contribution in [0.3, 0.4) is 0 Å². The lowest BCUT2D eigenvalue weighted by Gasteiger charge is -2.21. The summed E-state index contributed by atoms with van der Waals surface area (Å²) in [6.07, 6.45) is 5.83. The Kier molecular flexibility index (Phi) is 4.40. The van der Waals surface area contributed by atoms with Crippen molar-refractivity contribution in [3.8, 4) is 0 Å². The fourth-order valence-electron chi connectivity index (χ4n) is 2.30. The fourth-order valence-corrected chi connectivity index (χ4v) is 5.43. The van der Waals surface area contributed by atoms with Crippen LogP contribution in [0, 0.1) is 0 Å². The molecule has 2 unspecified atom stereocenters. The summed E-state index contributed by atoms with van der Waals surface area (Å²) in [6.45, 7) is 1.96. The van der Waals surface area contributed by atoms with Gasteiger partial charge in [0, 0.05) is 23.5 Å². The van der Waals surface area contributed by atoms with Crippen molar-refractivity contribution in [2.45, 2.75) is 50.3 Å². The highest BCUT2D eigenvalue weighted by Gasteiger charge is 2.29. The molecule has 6 heteroatoms. The summed E-state index contributed by atoms with van der Waals surface area (Å²) in [5.41, 5.74) is 5.74. The van der Waals surface area contributed by atoms with E-state index in [1.807, 2.05) is 13.1 Å². The second kappa shape index (κ2) is 5.67. The molecule has 1 aromatic heterocycles. The highest BCUT2D eigenvalue weighted by atomic mass is 32.2. The van der Waals surface area contributed by atoms with E-state index in [1.165, 1.54) is 0 Å². The molecular weight excluding hydrogens is 268 g/mol. The molecule has 1 fully saturated rings.